The van der Waals surface area contributed by atoms with Gasteiger partial charge in [0.15, 0.2) is 5.82 Å². The van der Waals surface area contributed by atoms with E-state index in [2.05, 4.69) is 15.5 Å². The maximum absolute atomic E-state index is 5.39. The van der Waals surface area contributed by atoms with E-state index in [0.29, 0.717) is 18.3 Å². The van der Waals surface area contributed by atoms with Crippen molar-refractivity contribution in [3.05, 3.63) is 35.7 Å². The van der Waals surface area contributed by atoms with Crippen LogP contribution < -0.4 is 5.32 Å². The lowest BCUT2D eigenvalue weighted by Crippen LogP contribution is -2.35. The van der Waals surface area contributed by atoms with Crippen molar-refractivity contribution in [2.24, 2.45) is 0 Å². The Morgan fingerprint density at radius 3 is 3.00 bits per heavy atom. The summed E-state index contributed by atoms with van der Waals surface area (Å²) in [6.07, 6.45) is 0. The molecule has 0 saturated carbocycles. The second-order valence-electron chi connectivity index (χ2n) is 4.35. The molecule has 1 aromatic carbocycles. The SMILES string of the molecule is Cc1ccccc1-c1nc(C2COCCN2)no1. The molecule has 1 aliphatic heterocycles. The number of rotatable bonds is 2. The smallest absolute Gasteiger partial charge is 0.258 e. The highest BCUT2D eigenvalue weighted by Gasteiger charge is 2.21. The van der Waals surface area contributed by atoms with Crippen molar-refractivity contribution in [1.29, 1.82) is 0 Å². The van der Waals surface area contributed by atoms with Crippen LogP contribution in [0.4, 0.5) is 0 Å². The maximum Gasteiger partial charge on any atom is 0.258 e. The van der Waals surface area contributed by atoms with Crippen LogP contribution >= 0.6 is 0 Å². The Kier molecular flexibility index (Phi) is 3.08. The predicted octanol–water partition coefficient (Wildman–Crippen LogP) is 1.71. The molecule has 2 heterocycles. The van der Waals surface area contributed by atoms with Gasteiger partial charge in [0.2, 0.25) is 0 Å². The van der Waals surface area contributed by atoms with E-state index < -0.39 is 0 Å². The van der Waals surface area contributed by atoms with Crippen molar-refractivity contribution in [2.45, 2.75) is 13.0 Å². The number of hydrogen-bond donors (Lipinski definition) is 1. The standard InChI is InChI=1S/C13H15N3O2/c1-9-4-2-3-5-10(9)13-15-12(16-18-13)11-8-17-7-6-14-11/h2-5,11,14H,6-8H2,1H3. The number of nitrogens with zero attached hydrogens (tertiary/aromatic N) is 2. The molecule has 1 atom stereocenters. The molecular weight excluding hydrogens is 230 g/mol. The first-order valence-corrected chi connectivity index (χ1v) is 6.05. The zero-order valence-corrected chi connectivity index (χ0v) is 10.2. The Hall–Kier alpha value is -1.72. The summed E-state index contributed by atoms with van der Waals surface area (Å²) >= 11 is 0. The first kappa shape index (κ1) is 11.4. The van der Waals surface area contributed by atoms with E-state index in [9.17, 15) is 0 Å². The summed E-state index contributed by atoms with van der Waals surface area (Å²) in [4.78, 5) is 4.44. The second-order valence-corrected chi connectivity index (χ2v) is 4.35. The monoisotopic (exact) mass is 245 g/mol. The Bertz CT molecular complexity index is 533. The minimum atomic E-state index is 0.0280. The molecule has 3 rings (SSSR count). The Morgan fingerprint density at radius 2 is 2.22 bits per heavy atom. The lowest BCUT2D eigenvalue weighted by Gasteiger charge is -2.20. The number of nitrogens with one attached hydrogen (secondary N) is 1. The summed E-state index contributed by atoms with van der Waals surface area (Å²) in [5.41, 5.74) is 2.11. The molecule has 0 spiro atoms. The number of aryl methyl sites for hydroxylation is 1. The quantitative estimate of drug-likeness (QED) is 0.872. The van der Waals surface area contributed by atoms with Crippen LogP contribution in [-0.4, -0.2) is 29.9 Å². The number of ether oxygens (including phenoxy) is 1. The van der Waals surface area contributed by atoms with Gasteiger partial charge in [0.1, 0.15) is 0 Å². The van der Waals surface area contributed by atoms with Crippen molar-refractivity contribution >= 4 is 0 Å². The normalized spacial score (nSPS) is 19.9. The van der Waals surface area contributed by atoms with E-state index in [0.717, 1.165) is 24.3 Å². The van der Waals surface area contributed by atoms with Gasteiger partial charge in [-0.3, -0.25) is 0 Å². The molecule has 2 aromatic rings. The number of morpholine rings is 1. The molecule has 0 radical (unpaired) electrons. The van der Waals surface area contributed by atoms with Gasteiger partial charge in [-0.2, -0.15) is 4.98 Å². The van der Waals surface area contributed by atoms with Crippen molar-refractivity contribution in [3.63, 3.8) is 0 Å². The summed E-state index contributed by atoms with van der Waals surface area (Å²) in [6.45, 7) is 4.17. The zero-order valence-electron chi connectivity index (χ0n) is 10.2. The van der Waals surface area contributed by atoms with Gasteiger partial charge in [-0.15, -0.1) is 0 Å². The first-order chi connectivity index (χ1) is 8.84. The van der Waals surface area contributed by atoms with E-state index in [-0.39, 0.29) is 6.04 Å². The summed E-state index contributed by atoms with van der Waals surface area (Å²) in [5.74, 6) is 1.23. The molecule has 18 heavy (non-hydrogen) atoms. The summed E-state index contributed by atoms with van der Waals surface area (Å²) < 4.78 is 10.7. The van der Waals surface area contributed by atoms with Crippen LogP contribution in [-0.2, 0) is 4.74 Å². The molecule has 94 valence electrons. The largest absolute Gasteiger partial charge is 0.378 e. The first-order valence-electron chi connectivity index (χ1n) is 6.05. The van der Waals surface area contributed by atoms with Gasteiger partial charge in [-0.05, 0) is 18.6 Å². The Morgan fingerprint density at radius 1 is 1.33 bits per heavy atom. The second kappa shape index (κ2) is 4.88. The number of aromatic nitrogens is 2. The van der Waals surface area contributed by atoms with Gasteiger partial charge in [-0.1, -0.05) is 23.4 Å². The number of hydrogen-bond acceptors (Lipinski definition) is 5. The van der Waals surface area contributed by atoms with Crippen LogP contribution in [0.3, 0.4) is 0 Å². The molecule has 1 aromatic heterocycles. The molecule has 0 bridgehead atoms. The average Bonchev–Trinajstić information content (AvgIpc) is 2.90. The summed E-state index contributed by atoms with van der Waals surface area (Å²) in [5, 5.41) is 7.33. The van der Waals surface area contributed by atoms with E-state index in [1.165, 1.54) is 0 Å². The molecule has 1 aliphatic rings. The highest BCUT2D eigenvalue weighted by molar-refractivity contribution is 5.57. The Balaban J connectivity index is 1.87. The summed E-state index contributed by atoms with van der Waals surface area (Å²) in [6, 6.07) is 8.00. The molecule has 1 N–H and O–H groups in total. The van der Waals surface area contributed by atoms with E-state index in [4.69, 9.17) is 9.26 Å². The van der Waals surface area contributed by atoms with Crippen molar-refractivity contribution in [3.8, 4) is 11.5 Å². The predicted molar refractivity (Wildman–Crippen MR) is 66.0 cm³/mol. The fourth-order valence-electron chi connectivity index (χ4n) is 2.03. The minimum absolute atomic E-state index is 0.0280. The van der Waals surface area contributed by atoms with Crippen LogP contribution in [0.5, 0.6) is 0 Å². The maximum atomic E-state index is 5.39. The van der Waals surface area contributed by atoms with Gasteiger partial charge < -0.3 is 14.6 Å². The third kappa shape index (κ3) is 2.14. The molecule has 1 fully saturated rings. The highest BCUT2D eigenvalue weighted by Crippen LogP contribution is 2.23. The van der Waals surface area contributed by atoms with Crippen LogP contribution in [0, 0.1) is 6.92 Å². The third-order valence-corrected chi connectivity index (χ3v) is 3.05. The van der Waals surface area contributed by atoms with Crippen LogP contribution in [0.25, 0.3) is 11.5 Å². The number of benzene rings is 1. The third-order valence-electron chi connectivity index (χ3n) is 3.05. The van der Waals surface area contributed by atoms with Crippen molar-refractivity contribution in [2.75, 3.05) is 19.8 Å². The summed E-state index contributed by atoms with van der Waals surface area (Å²) in [7, 11) is 0. The molecule has 1 unspecified atom stereocenters. The van der Waals surface area contributed by atoms with Gasteiger partial charge in [0.25, 0.3) is 5.89 Å². The lowest BCUT2D eigenvalue weighted by molar-refractivity contribution is 0.0734. The van der Waals surface area contributed by atoms with Crippen LogP contribution in [0.15, 0.2) is 28.8 Å². The Labute approximate surface area is 105 Å². The zero-order chi connectivity index (χ0) is 12.4. The molecule has 0 aliphatic carbocycles. The van der Waals surface area contributed by atoms with Crippen molar-refractivity contribution < 1.29 is 9.26 Å². The minimum Gasteiger partial charge on any atom is -0.378 e. The molecule has 5 heteroatoms. The topological polar surface area (TPSA) is 60.2 Å². The van der Waals surface area contributed by atoms with Gasteiger partial charge in [0, 0.05) is 12.1 Å². The van der Waals surface area contributed by atoms with E-state index >= 15 is 0 Å². The fraction of sp³-hybridized carbons (Fsp3) is 0.385. The van der Waals surface area contributed by atoms with E-state index in [1.807, 2.05) is 31.2 Å². The van der Waals surface area contributed by atoms with Gasteiger partial charge in [-0.25, -0.2) is 0 Å². The van der Waals surface area contributed by atoms with Crippen LogP contribution in [0.2, 0.25) is 0 Å². The fourth-order valence-corrected chi connectivity index (χ4v) is 2.03. The van der Waals surface area contributed by atoms with E-state index in [1.54, 1.807) is 0 Å². The molecular formula is C13H15N3O2. The van der Waals surface area contributed by atoms with Gasteiger partial charge >= 0.3 is 0 Å². The lowest BCUT2D eigenvalue weighted by atomic mass is 10.1. The van der Waals surface area contributed by atoms with Crippen LogP contribution in [0.1, 0.15) is 17.4 Å². The molecule has 5 nitrogen and oxygen atoms in total. The average molecular weight is 245 g/mol. The highest BCUT2D eigenvalue weighted by atomic mass is 16.5. The molecule has 0 amide bonds. The van der Waals surface area contributed by atoms with Gasteiger partial charge in [0.05, 0.1) is 19.3 Å². The van der Waals surface area contributed by atoms with Crippen molar-refractivity contribution in [1.82, 2.24) is 15.5 Å². The molecule has 1 saturated heterocycles.